The summed E-state index contributed by atoms with van der Waals surface area (Å²) in [6.07, 6.45) is 3.33. The first-order valence-electron chi connectivity index (χ1n) is 9.87. The molecule has 0 bridgehead atoms. The predicted molar refractivity (Wildman–Crippen MR) is 122 cm³/mol. The molecule has 0 saturated carbocycles. The lowest BCUT2D eigenvalue weighted by atomic mass is 10.1. The van der Waals surface area contributed by atoms with E-state index in [0.717, 1.165) is 58.6 Å². The van der Waals surface area contributed by atoms with E-state index in [1.54, 1.807) is 29.5 Å². The van der Waals surface area contributed by atoms with Crippen molar-refractivity contribution in [1.29, 1.82) is 0 Å². The quantitative estimate of drug-likeness (QED) is 0.564. The highest BCUT2D eigenvalue weighted by Gasteiger charge is 2.12. The smallest absolute Gasteiger partial charge is 0.248 e. The molecule has 1 fully saturated rings. The molecule has 0 aliphatic carbocycles. The van der Waals surface area contributed by atoms with Crippen LogP contribution in [0.3, 0.4) is 0 Å². The Morgan fingerprint density at radius 2 is 1.87 bits per heavy atom. The predicted octanol–water partition coefficient (Wildman–Crippen LogP) is 5.35. The Labute approximate surface area is 179 Å². The highest BCUT2D eigenvalue weighted by atomic mass is 32.1. The number of nitrogens with one attached hydrogen (secondary N) is 1. The summed E-state index contributed by atoms with van der Waals surface area (Å²) in [7, 11) is 0. The second-order valence-corrected chi connectivity index (χ2v) is 8.25. The number of carbonyl (C=O) groups is 1. The van der Waals surface area contributed by atoms with E-state index >= 15 is 0 Å². The van der Waals surface area contributed by atoms with Gasteiger partial charge in [0, 0.05) is 40.3 Å². The molecule has 30 heavy (non-hydrogen) atoms. The van der Waals surface area contributed by atoms with Crippen LogP contribution in [0.2, 0.25) is 0 Å². The highest BCUT2D eigenvalue weighted by molar-refractivity contribution is 7.16. The molecule has 0 atom stereocenters. The molecule has 2 heterocycles. The average molecular weight is 423 g/mol. The molecule has 0 unspecified atom stereocenters. The zero-order valence-corrected chi connectivity index (χ0v) is 17.5. The summed E-state index contributed by atoms with van der Waals surface area (Å²) in [5.74, 6) is -0.422. The summed E-state index contributed by atoms with van der Waals surface area (Å²) in [5, 5.41) is 2.95. The molecule has 1 aromatic heterocycles. The maximum atomic E-state index is 13.1. The van der Waals surface area contributed by atoms with Crippen LogP contribution < -0.4 is 10.2 Å². The van der Waals surface area contributed by atoms with E-state index in [9.17, 15) is 9.18 Å². The molecule has 1 N–H and O–H groups in total. The van der Waals surface area contributed by atoms with Crippen molar-refractivity contribution in [3.05, 3.63) is 76.9 Å². The van der Waals surface area contributed by atoms with Gasteiger partial charge in [0.1, 0.15) is 5.82 Å². The van der Waals surface area contributed by atoms with Crippen LogP contribution in [0, 0.1) is 12.7 Å². The fourth-order valence-electron chi connectivity index (χ4n) is 3.35. The number of ether oxygens (including phenoxy) is 1. The van der Waals surface area contributed by atoms with Gasteiger partial charge in [-0.1, -0.05) is 12.1 Å². The van der Waals surface area contributed by atoms with Crippen LogP contribution in [0.5, 0.6) is 0 Å². The van der Waals surface area contributed by atoms with Gasteiger partial charge in [-0.15, -0.1) is 11.3 Å². The SMILES string of the molecule is Cc1cc(N2CCOCC2)ccc1NC(=O)/C=C/c1ccc(-c2ccc(F)cc2)s1. The van der Waals surface area contributed by atoms with E-state index in [-0.39, 0.29) is 11.7 Å². The van der Waals surface area contributed by atoms with E-state index in [4.69, 9.17) is 4.74 Å². The van der Waals surface area contributed by atoms with Crippen molar-refractivity contribution < 1.29 is 13.9 Å². The third-order valence-electron chi connectivity index (χ3n) is 5.00. The van der Waals surface area contributed by atoms with Crippen molar-refractivity contribution in [3.8, 4) is 10.4 Å². The van der Waals surface area contributed by atoms with Crippen molar-refractivity contribution in [1.82, 2.24) is 0 Å². The number of benzene rings is 2. The number of amides is 1. The standard InChI is InChI=1S/C24H23FN2O2S/c1-17-16-20(27-12-14-29-15-13-27)6-9-22(17)26-24(28)11-8-21-7-10-23(30-21)18-2-4-19(25)5-3-18/h2-11,16H,12-15H2,1H3,(H,26,28)/b11-8+. The number of hydrogen-bond donors (Lipinski definition) is 1. The lowest BCUT2D eigenvalue weighted by Crippen LogP contribution is -2.36. The molecule has 0 spiro atoms. The highest BCUT2D eigenvalue weighted by Crippen LogP contribution is 2.29. The molecule has 2 aromatic carbocycles. The largest absolute Gasteiger partial charge is 0.378 e. The fraction of sp³-hybridized carbons (Fsp3) is 0.208. The maximum Gasteiger partial charge on any atom is 0.248 e. The van der Waals surface area contributed by atoms with Gasteiger partial charge in [-0.25, -0.2) is 4.39 Å². The number of morpholine rings is 1. The number of anilines is 2. The summed E-state index contributed by atoms with van der Waals surface area (Å²) in [5.41, 5.74) is 3.94. The topological polar surface area (TPSA) is 41.6 Å². The zero-order chi connectivity index (χ0) is 20.9. The Balaban J connectivity index is 1.38. The summed E-state index contributed by atoms with van der Waals surface area (Å²) in [6.45, 7) is 5.25. The van der Waals surface area contributed by atoms with Crippen molar-refractivity contribution in [3.63, 3.8) is 0 Å². The Hall–Kier alpha value is -2.96. The summed E-state index contributed by atoms with van der Waals surface area (Å²) >= 11 is 1.56. The number of hydrogen-bond acceptors (Lipinski definition) is 4. The normalized spacial score (nSPS) is 14.3. The zero-order valence-electron chi connectivity index (χ0n) is 16.7. The first kappa shape index (κ1) is 20.3. The first-order valence-corrected chi connectivity index (χ1v) is 10.7. The average Bonchev–Trinajstić information content (AvgIpc) is 3.24. The molecule has 154 valence electrons. The number of thiophene rings is 1. The van der Waals surface area contributed by atoms with Crippen LogP contribution in [0.1, 0.15) is 10.4 Å². The van der Waals surface area contributed by atoms with Gasteiger partial charge in [0.05, 0.1) is 13.2 Å². The Morgan fingerprint density at radius 3 is 2.60 bits per heavy atom. The molecule has 1 aliphatic rings. The number of carbonyl (C=O) groups excluding carboxylic acids is 1. The number of nitrogens with zero attached hydrogens (tertiary/aromatic N) is 1. The van der Waals surface area contributed by atoms with E-state index in [1.165, 1.54) is 18.2 Å². The molecule has 1 aliphatic heterocycles. The summed E-state index contributed by atoms with van der Waals surface area (Å²) < 4.78 is 18.5. The van der Waals surface area contributed by atoms with Crippen molar-refractivity contribution >= 4 is 34.7 Å². The van der Waals surface area contributed by atoms with Crippen LogP contribution in [0.4, 0.5) is 15.8 Å². The second kappa shape index (κ2) is 9.24. The van der Waals surface area contributed by atoms with Crippen LogP contribution in [0.25, 0.3) is 16.5 Å². The van der Waals surface area contributed by atoms with Gasteiger partial charge in [0.25, 0.3) is 0 Å². The van der Waals surface area contributed by atoms with E-state index in [0.29, 0.717) is 0 Å². The van der Waals surface area contributed by atoms with Gasteiger partial charge < -0.3 is 15.0 Å². The van der Waals surface area contributed by atoms with Crippen LogP contribution in [0.15, 0.2) is 60.7 Å². The summed E-state index contributed by atoms with van der Waals surface area (Å²) in [4.78, 5) is 16.7. The van der Waals surface area contributed by atoms with Gasteiger partial charge >= 0.3 is 0 Å². The fourth-order valence-corrected chi connectivity index (χ4v) is 4.27. The molecule has 0 radical (unpaired) electrons. The molecule has 1 saturated heterocycles. The molecule has 1 amide bonds. The molecule has 6 heteroatoms. The minimum Gasteiger partial charge on any atom is -0.378 e. The molecular formula is C24H23FN2O2S. The first-order chi connectivity index (χ1) is 14.6. The van der Waals surface area contributed by atoms with Crippen molar-refractivity contribution in [2.75, 3.05) is 36.5 Å². The maximum absolute atomic E-state index is 13.1. The molecule has 4 nitrogen and oxygen atoms in total. The third-order valence-corrected chi connectivity index (χ3v) is 6.10. The minimum absolute atomic E-state index is 0.172. The van der Waals surface area contributed by atoms with Gasteiger partial charge in [0.15, 0.2) is 0 Å². The Kier molecular flexibility index (Phi) is 6.26. The van der Waals surface area contributed by atoms with Crippen molar-refractivity contribution in [2.45, 2.75) is 6.92 Å². The Morgan fingerprint density at radius 1 is 1.10 bits per heavy atom. The third kappa shape index (κ3) is 4.96. The summed E-state index contributed by atoms with van der Waals surface area (Å²) in [6, 6.07) is 16.4. The molecular weight excluding hydrogens is 399 g/mol. The molecule has 4 rings (SSSR count). The van der Waals surface area contributed by atoms with Gasteiger partial charge in [-0.3, -0.25) is 4.79 Å². The van der Waals surface area contributed by atoms with Gasteiger partial charge in [0.2, 0.25) is 5.91 Å². The van der Waals surface area contributed by atoms with E-state index in [1.807, 2.05) is 31.2 Å². The van der Waals surface area contributed by atoms with Crippen LogP contribution in [-0.4, -0.2) is 32.2 Å². The minimum atomic E-state index is -0.250. The lowest BCUT2D eigenvalue weighted by molar-refractivity contribution is -0.111. The number of rotatable bonds is 5. The second-order valence-electron chi connectivity index (χ2n) is 7.13. The number of aryl methyl sites for hydroxylation is 1. The number of halogens is 1. The molecule has 3 aromatic rings. The van der Waals surface area contributed by atoms with Crippen LogP contribution in [-0.2, 0) is 9.53 Å². The lowest BCUT2D eigenvalue weighted by Gasteiger charge is -2.29. The van der Waals surface area contributed by atoms with E-state index < -0.39 is 0 Å². The monoisotopic (exact) mass is 422 g/mol. The Bertz CT molecular complexity index is 1050. The van der Waals surface area contributed by atoms with Gasteiger partial charge in [-0.05, 0) is 66.6 Å². The van der Waals surface area contributed by atoms with E-state index in [2.05, 4.69) is 16.3 Å². The van der Waals surface area contributed by atoms with Crippen molar-refractivity contribution in [2.24, 2.45) is 0 Å². The van der Waals surface area contributed by atoms with Crippen LogP contribution >= 0.6 is 11.3 Å². The van der Waals surface area contributed by atoms with Gasteiger partial charge in [-0.2, -0.15) is 0 Å².